The predicted octanol–water partition coefficient (Wildman–Crippen LogP) is 2.85. The van der Waals surface area contributed by atoms with Crippen LogP contribution < -0.4 is 5.32 Å². The molecule has 2 aromatic rings. The fraction of sp³-hybridized carbons (Fsp3) is 0.357. The van der Waals surface area contributed by atoms with E-state index in [1.54, 1.807) is 19.4 Å². The molecule has 1 N–H and O–H groups in total. The first-order valence-electron chi connectivity index (χ1n) is 6.42. The van der Waals surface area contributed by atoms with Gasteiger partial charge >= 0.3 is 0 Å². The van der Waals surface area contributed by atoms with E-state index in [4.69, 9.17) is 16.3 Å². The van der Waals surface area contributed by atoms with Crippen molar-refractivity contribution in [2.75, 3.05) is 12.4 Å². The Morgan fingerprint density at radius 1 is 1.35 bits per heavy atom. The second kappa shape index (κ2) is 7.17. The molecule has 0 aliphatic carbocycles. The molecule has 0 unspecified atom stereocenters. The summed E-state index contributed by atoms with van der Waals surface area (Å²) in [5, 5.41) is 3.62. The molecule has 0 aliphatic heterocycles. The van der Waals surface area contributed by atoms with Crippen molar-refractivity contribution >= 4 is 17.4 Å². The fourth-order valence-corrected chi connectivity index (χ4v) is 2.08. The second-order valence-corrected chi connectivity index (χ2v) is 4.63. The van der Waals surface area contributed by atoms with Gasteiger partial charge in [0.15, 0.2) is 5.82 Å². The van der Waals surface area contributed by atoms with E-state index in [0.29, 0.717) is 29.9 Å². The van der Waals surface area contributed by atoms with Crippen LogP contribution in [0.25, 0.3) is 0 Å². The second-order valence-electron chi connectivity index (χ2n) is 4.24. The number of rotatable bonds is 6. The van der Waals surface area contributed by atoms with Gasteiger partial charge in [0.05, 0.1) is 12.2 Å². The van der Waals surface area contributed by atoms with Crippen LogP contribution in [0, 0.1) is 0 Å². The third-order valence-corrected chi connectivity index (χ3v) is 3.01. The molecule has 0 fully saturated rings. The molecule has 0 amide bonds. The van der Waals surface area contributed by atoms with Gasteiger partial charge in [-0.2, -0.15) is 0 Å². The lowest BCUT2D eigenvalue weighted by Gasteiger charge is -2.09. The standard InChI is InChI=1S/C14H17ClN4O/c1-3-10-5-4-6-16-11(10)8-17-13-7-12(15)18-14(19-13)9-20-2/h4-7H,3,8-9H2,1-2H3,(H,17,18,19). The van der Waals surface area contributed by atoms with Crippen molar-refractivity contribution in [3.05, 3.63) is 46.6 Å². The summed E-state index contributed by atoms with van der Waals surface area (Å²) in [5.74, 6) is 1.23. The van der Waals surface area contributed by atoms with Gasteiger partial charge in [-0.25, -0.2) is 9.97 Å². The lowest BCUT2D eigenvalue weighted by atomic mass is 10.1. The molecule has 0 bridgehead atoms. The summed E-state index contributed by atoms with van der Waals surface area (Å²) in [7, 11) is 1.60. The normalized spacial score (nSPS) is 10.6. The van der Waals surface area contributed by atoms with Crippen LogP contribution in [0.1, 0.15) is 24.0 Å². The van der Waals surface area contributed by atoms with Crippen LogP contribution in [0.3, 0.4) is 0 Å². The predicted molar refractivity (Wildman–Crippen MR) is 78.7 cm³/mol. The van der Waals surface area contributed by atoms with Gasteiger partial charge in [0.1, 0.15) is 17.6 Å². The maximum atomic E-state index is 5.96. The van der Waals surface area contributed by atoms with Crippen molar-refractivity contribution in [1.82, 2.24) is 15.0 Å². The van der Waals surface area contributed by atoms with Crippen LogP contribution in [0.2, 0.25) is 5.15 Å². The van der Waals surface area contributed by atoms with E-state index in [1.165, 1.54) is 5.56 Å². The van der Waals surface area contributed by atoms with Crippen LogP contribution >= 0.6 is 11.6 Å². The highest BCUT2D eigenvalue weighted by molar-refractivity contribution is 6.29. The van der Waals surface area contributed by atoms with E-state index < -0.39 is 0 Å². The molecule has 0 saturated carbocycles. The lowest BCUT2D eigenvalue weighted by Crippen LogP contribution is -2.08. The quantitative estimate of drug-likeness (QED) is 0.830. The summed E-state index contributed by atoms with van der Waals surface area (Å²) in [4.78, 5) is 12.8. The van der Waals surface area contributed by atoms with E-state index in [-0.39, 0.29) is 0 Å². The molecular weight excluding hydrogens is 276 g/mol. The number of pyridine rings is 1. The van der Waals surface area contributed by atoms with Gasteiger partial charge in [-0.3, -0.25) is 4.98 Å². The molecule has 5 nitrogen and oxygen atoms in total. The molecular formula is C14H17ClN4O. The zero-order valence-electron chi connectivity index (χ0n) is 11.6. The molecule has 20 heavy (non-hydrogen) atoms. The number of aryl methyl sites for hydroxylation is 1. The fourth-order valence-electron chi connectivity index (χ4n) is 1.88. The summed E-state index contributed by atoms with van der Waals surface area (Å²) in [5.41, 5.74) is 2.23. The number of nitrogens with zero attached hydrogens (tertiary/aromatic N) is 3. The molecule has 0 radical (unpaired) electrons. The maximum absolute atomic E-state index is 5.96. The summed E-state index contributed by atoms with van der Waals surface area (Å²) >= 11 is 5.96. The Balaban J connectivity index is 2.10. The topological polar surface area (TPSA) is 59.9 Å². The van der Waals surface area contributed by atoms with Gasteiger partial charge in [0.25, 0.3) is 0 Å². The number of hydrogen-bond acceptors (Lipinski definition) is 5. The summed E-state index contributed by atoms with van der Waals surface area (Å²) in [6, 6.07) is 5.71. The van der Waals surface area contributed by atoms with Crippen LogP contribution in [0.5, 0.6) is 0 Å². The first-order valence-corrected chi connectivity index (χ1v) is 6.79. The lowest BCUT2D eigenvalue weighted by molar-refractivity contribution is 0.178. The van der Waals surface area contributed by atoms with Crippen molar-refractivity contribution < 1.29 is 4.74 Å². The van der Waals surface area contributed by atoms with Gasteiger partial charge < -0.3 is 10.1 Å². The molecule has 2 rings (SSSR count). The van der Waals surface area contributed by atoms with Crippen molar-refractivity contribution in [1.29, 1.82) is 0 Å². The number of methoxy groups -OCH3 is 1. The number of halogens is 1. The van der Waals surface area contributed by atoms with Gasteiger partial charge in [-0.05, 0) is 18.1 Å². The largest absolute Gasteiger partial charge is 0.377 e. The number of aromatic nitrogens is 3. The van der Waals surface area contributed by atoms with Gasteiger partial charge in [-0.1, -0.05) is 24.6 Å². The van der Waals surface area contributed by atoms with Crippen LogP contribution in [0.4, 0.5) is 5.82 Å². The minimum atomic E-state index is 0.332. The molecule has 2 aromatic heterocycles. The minimum absolute atomic E-state index is 0.332. The summed E-state index contributed by atoms with van der Waals surface area (Å²) < 4.78 is 5.01. The van der Waals surface area contributed by atoms with Crippen molar-refractivity contribution in [3.63, 3.8) is 0 Å². The van der Waals surface area contributed by atoms with Crippen molar-refractivity contribution in [2.45, 2.75) is 26.5 Å². The average Bonchev–Trinajstić information content (AvgIpc) is 2.45. The van der Waals surface area contributed by atoms with E-state index in [2.05, 4.69) is 33.3 Å². The van der Waals surface area contributed by atoms with E-state index >= 15 is 0 Å². The summed E-state index contributed by atoms with van der Waals surface area (Å²) in [6.45, 7) is 3.04. The smallest absolute Gasteiger partial charge is 0.158 e. The molecule has 2 heterocycles. The van der Waals surface area contributed by atoms with Crippen molar-refractivity contribution in [2.24, 2.45) is 0 Å². The number of nitrogens with one attached hydrogen (secondary N) is 1. The van der Waals surface area contributed by atoms with E-state index in [0.717, 1.165) is 12.1 Å². The zero-order valence-corrected chi connectivity index (χ0v) is 12.3. The molecule has 0 atom stereocenters. The molecule has 0 saturated heterocycles. The first kappa shape index (κ1) is 14.7. The first-order chi connectivity index (χ1) is 9.72. The zero-order chi connectivity index (χ0) is 14.4. The van der Waals surface area contributed by atoms with Crippen molar-refractivity contribution in [3.8, 4) is 0 Å². The third kappa shape index (κ3) is 3.88. The van der Waals surface area contributed by atoms with Gasteiger partial charge in [0, 0.05) is 19.4 Å². The Hall–Kier alpha value is -1.72. The third-order valence-electron chi connectivity index (χ3n) is 2.82. The van der Waals surface area contributed by atoms with E-state index in [9.17, 15) is 0 Å². The van der Waals surface area contributed by atoms with Crippen LogP contribution in [-0.4, -0.2) is 22.1 Å². The molecule has 106 valence electrons. The SMILES string of the molecule is CCc1cccnc1CNc1cc(Cl)nc(COC)n1. The van der Waals surface area contributed by atoms with E-state index in [1.807, 2.05) is 6.07 Å². The Morgan fingerprint density at radius 3 is 2.95 bits per heavy atom. The molecule has 6 heteroatoms. The number of hydrogen-bond donors (Lipinski definition) is 1. The van der Waals surface area contributed by atoms with Gasteiger partial charge in [0.2, 0.25) is 0 Å². The van der Waals surface area contributed by atoms with Crippen LogP contribution in [-0.2, 0) is 24.3 Å². The molecule has 0 aromatic carbocycles. The highest BCUT2D eigenvalue weighted by Gasteiger charge is 2.05. The average molecular weight is 293 g/mol. The Kier molecular flexibility index (Phi) is 5.26. The highest BCUT2D eigenvalue weighted by Crippen LogP contribution is 2.14. The Bertz CT molecular complexity index is 577. The number of ether oxygens (including phenoxy) is 1. The minimum Gasteiger partial charge on any atom is -0.377 e. The Labute approximate surface area is 123 Å². The molecule has 0 spiro atoms. The maximum Gasteiger partial charge on any atom is 0.158 e. The Morgan fingerprint density at radius 2 is 2.20 bits per heavy atom. The monoisotopic (exact) mass is 292 g/mol. The highest BCUT2D eigenvalue weighted by atomic mass is 35.5. The van der Waals surface area contributed by atoms with Gasteiger partial charge in [-0.15, -0.1) is 0 Å². The number of anilines is 1. The van der Waals surface area contributed by atoms with Crippen LogP contribution in [0.15, 0.2) is 24.4 Å². The summed E-state index contributed by atoms with van der Waals surface area (Å²) in [6.07, 6.45) is 2.74. The molecule has 0 aliphatic rings.